The Hall–Kier alpha value is -0.990. The Bertz CT molecular complexity index is 562. The van der Waals surface area contributed by atoms with E-state index in [4.69, 9.17) is 4.74 Å². The van der Waals surface area contributed by atoms with Crippen LogP contribution in [0.5, 0.6) is 5.75 Å². The first kappa shape index (κ1) is 22.1. The predicted octanol–water partition coefficient (Wildman–Crippen LogP) is 3.54. The summed E-state index contributed by atoms with van der Waals surface area (Å²) in [5.74, 6) is 0.879. The van der Waals surface area contributed by atoms with Gasteiger partial charge in [0.05, 0.1) is 18.1 Å². The summed E-state index contributed by atoms with van der Waals surface area (Å²) in [7, 11) is 0. The molecule has 1 aromatic carbocycles. The zero-order valence-corrected chi connectivity index (χ0v) is 16.5. The molecule has 2 fully saturated rings. The van der Waals surface area contributed by atoms with Crippen LogP contribution in [0.25, 0.3) is 0 Å². The van der Waals surface area contributed by atoms with Gasteiger partial charge in [-0.05, 0) is 50.3 Å². The monoisotopic (exact) mass is 385 g/mol. The Morgan fingerprint density at radius 3 is 2.52 bits per heavy atom. The zero-order valence-electron chi connectivity index (χ0n) is 14.9. The van der Waals surface area contributed by atoms with Gasteiger partial charge in [0.2, 0.25) is 0 Å². The van der Waals surface area contributed by atoms with Crippen molar-refractivity contribution >= 4 is 24.8 Å². The first-order chi connectivity index (χ1) is 11.3. The fraction of sp³-hybridized carbons (Fsp3) is 0.632. The van der Waals surface area contributed by atoms with E-state index in [1.807, 2.05) is 19.1 Å². The maximum Gasteiger partial charge on any atom is 0.119 e. The van der Waals surface area contributed by atoms with Gasteiger partial charge in [0.15, 0.2) is 0 Å². The summed E-state index contributed by atoms with van der Waals surface area (Å²) in [6.45, 7) is 7.13. The Kier molecular flexibility index (Phi) is 9.02. The summed E-state index contributed by atoms with van der Waals surface area (Å²) in [4.78, 5) is 2.61. The van der Waals surface area contributed by atoms with Crippen molar-refractivity contribution in [3.05, 3.63) is 29.8 Å². The number of nitriles is 1. The number of rotatable bonds is 4. The fourth-order valence-electron chi connectivity index (χ4n) is 4.02. The number of halogens is 2. The van der Waals surface area contributed by atoms with Crippen LogP contribution in [-0.2, 0) is 5.41 Å². The van der Waals surface area contributed by atoms with Gasteiger partial charge in [-0.3, -0.25) is 4.90 Å². The molecule has 0 aromatic heterocycles. The quantitative estimate of drug-likeness (QED) is 0.860. The SMILES string of the molecule is CCOc1cccc(C2(C#N)CCC(N3CCNCC3)CC2)c1.Cl.Cl. The van der Waals surface area contributed by atoms with Crippen molar-refractivity contribution in [2.75, 3.05) is 32.8 Å². The Morgan fingerprint density at radius 1 is 1.24 bits per heavy atom. The van der Waals surface area contributed by atoms with Crippen molar-refractivity contribution in [1.29, 1.82) is 5.26 Å². The number of ether oxygens (including phenoxy) is 1. The van der Waals surface area contributed by atoms with Crippen LogP contribution in [0.15, 0.2) is 24.3 Å². The molecule has 1 heterocycles. The van der Waals surface area contributed by atoms with E-state index in [2.05, 4.69) is 28.4 Å². The van der Waals surface area contributed by atoms with Crippen LogP contribution in [-0.4, -0.2) is 43.7 Å². The largest absolute Gasteiger partial charge is 0.494 e. The molecule has 0 amide bonds. The maximum atomic E-state index is 9.90. The second-order valence-corrected chi connectivity index (χ2v) is 6.67. The summed E-state index contributed by atoms with van der Waals surface area (Å²) in [6, 6.07) is 11.4. The molecule has 2 aliphatic rings. The molecular weight excluding hydrogens is 357 g/mol. The Balaban J connectivity index is 0.00000156. The smallest absolute Gasteiger partial charge is 0.119 e. The lowest BCUT2D eigenvalue weighted by Crippen LogP contribution is -2.50. The molecule has 0 unspecified atom stereocenters. The number of piperazine rings is 1. The van der Waals surface area contributed by atoms with Crippen LogP contribution in [0.3, 0.4) is 0 Å². The maximum absolute atomic E-state index is 9.90. The summed E-state index contributed by atoms with van der Waals surface area (Å²) in [6.07, 6.45) is 4.14. The van der Waals surface area contributed by atoms with E-state index >= 15 is 0 Å². The Morgan fingerprint density at radius 2 is 1.92 bits per heavy atom. The van der Waals surface area contributed by atoms with Crippen LogP contribution < -0.4 is 10.1 Å². The summed E-state index contributed by atoms with van der Waals surface area (Å²) in [5, 5.41) is 13.3. The molecular formula is C19H29Cl2N3O. The first-order valence-electron chi connectivity index (χ1n) is 8.87. The number of benzene rings is 1. The van der Waals surface area contributed by atoms with Gasteiger partial charge in [0.1, 0.15) is 5.75 Å². The number of nitrogens with one attached hydrogen (secondary N) is 1. The number of hydrogen-bond donors (Lipinski definition) is 1. The second kappa shape index (κ2) is 10.2. The normalized spacial score (nSPS) is 26.6. The van der Waals surface area contributed by atoms with Gasteiger partial charge in [-0.15, -0.1) is 24.8 Å². The van der Waals surface area contributed by atoms with E-state index in [1.54, 1.807) is 0 Å². The summed E-state index contributed by atoms with van der Waals surface area (Å²) in [5.41, 5.74) is 0.794. The minimum atomic E-state index is -0.336. The Labute approximate surface area is 163 Å². The molecule has 25 heavy (non-hydrogen) atoms. The molecule has 4 nitrogen and oxygen atoms in total. The van der Waals surface area contributed by atoms with Crippen LogP contribution in [0, 0.1) is 11.3 Å². The third kappa shape index (κ3) is 5.01. The highest BCUT2D eigenvalue weighted by Crippen LogP contribution is 2.41. The minimum Gasteiger partial charge on any atom is -0.494 e. The molecule has 3 rings (SSSR count). The highest BCUT2D eigenvalue weighted by Gasteiger charge is 2.39. The fourth-order valence-corrected chi connectivity index (χ4v) is 4.02. The van der Waals surface area contributed by atoms with Gasteiger partial charge in [0, 0.05) is 32.2 Å². The molecule has 1 saturated heterocycles. The summed E-state index contributed by atoms with van der Waals surface area (Å²) >= 11 is 0. The average molecular weight is 386 g/mol. The molecule has 1 aliphatic heterocycles. The molecule has 1 N–H and O–H groups in total. The van der Waals surface area contributed by atoms with E-state index in [0.717, 1.165) is 63.2 Å². The molecule has 0 atom stereocenters. The van der Waals surface area contributed by atoms with Crippen molar-refractivity contribution < 1.29 is 4.74 Å². The summed E-state index contributed by atoms with van der Waals surface area (Å²) < 4.78 is 5.62. The lowest BCUT2D eigenvalue weighted by molar-refractivity contribution is 0.122. The second-order valence-electron chi connectivity index (χ2n) is 6.67. The van der Waals surface area contributed by atoms with Crippen LogP contribution in [0.1, 0.15) is 38.2 Å². The van der Waals surface area contributed by atoms with E-state index in [-0.39, 0.29) is 30.2 Å². The van der Waals surface area contributed by atoms with E-state index in [9.17, 15) is 5.26 Å². The van der Waals surface area contributed by atoms with Crippen LogP contribution in [0.2, 0.25) is 0 Å². The van der Waals surface area contributed by atoms with Crippen LogP contribution >= 0.6 is 24.8 Å². The van der Waals surface area contributed by atoms with E-state index < -0.39 is 0 Å². The van der Waals surface area contributed by atoms with Gasteiger partial charge >= 0.3 is 0 Å². The lowest BCUT2D eigenvalue weighted by atomic mass is 9.69. The van der Waals surface area contributed by atoms with Gasteiger partial charge in [-0.25, -0.2) is 0 Å². The number of nitrogens with zero attached hydrogens (tertiary/aromatic N) is 2. The van der Waals surface area contributed by atoms with Gasteiger partial charge in [-0.1, -0.05) is 12.1 Å². The highest BCUT2D eigenvalue weighted by atomic mass is 35.5. The van der Waals surface area contributed by atoms with Crippen molar-refractivity contribution in [3.63, 3.8) is 0 Å². The molecule has 1 aliphatic carbocycles. The molecule has 0 bridgehead atoms. The van der Waals surface area contributed by atoms with Crippen molar-refractivity contribution in [2.45, 2.75) is 44.1 Å². The van der Waals surface area contributed by atoms with Crippen molar-refractivity contribution in [2.24, 2.45) is 0 Å². The molecule has 140 valence electrons. The third-order valence-electron chi connectivity index (χ3n) is 5.39. The topological polar surface area (TPSA) is 48.3 Å². The lowest BCUT2D eigenvalue weighted by Gasteiger charge is -2.42. The van der Waals surface area contributed by atoms with Gasteiger partial charge in [0.25, 0.3) is 0 Å². The standard InChI is InChI=1S/C19H27N3O.2ClH/c1-2-23-18-5-3-4-16(14-18)19(15-20)8-6-17(7-9-19)22-12-10-21-11-13-22;;/h3-5,14,17,21H,2,6-13H2,1H3;2*1H. The van der Waals surface area contributed by atoms with Gasteiger partial charge in [-0.2, -0.15) is 5.26 Å². The predicted molar refractivity (Wildman–Crippen MR) is 106 cm³/mol. The van der Waals surface area contributed by atoms with Crippen molar-refractivity contribution in [3.8, 4) is 11.8 Å². The van der Waals surface area contributed by atoms with Gasteiger partial charge < -0.3 is 10.1 Å². The number of hydrogen-bond acceptors (Lipinski definition) is 4. The molecule has 0 radical (unpaired) electrons. The first-order valence-corrected chi connectivity index (χ1v) is 8.87. The molecule has 6 heteroatoms. The zero-order chi connectivity index (χ0) is 16.1. The highest BCUT2D eigenvalue weighted by molar-refractivity contribution is 5.85. The van der Waals surface area contributed by atoms with E-state index in [0.29, 0.717) is 12.6 Å². The molecule has 1 saturated carbocycles. The molecule has 0 spiro atoms. The van der Waals surface area contributed by atoms with Crippen LogP contribution in [0.4, 0.5) is 0 Å². The van der Waals surface area contributed by atoms with E-state index in [1.165, 1.54) is 0 Å². The minimum absolute atomic E-state index is 0. The van der Waals surface area contributed by atoms with Crippen molar-refractivity contribution in [1.82, 2.24) is 10.2 Å². The average Bonchev–Trinajstić information content (AvgIpc) is 2.63. The third-order valence-corrected chi connectivity index (χ3v) is 5.39. The molecule has 1 aromatic rings.